The standard InChI is InChI=1S/C25H26N2O3/c1-17-13-20(24(21(14-17)16-28)25(30)27(2)3)15-23(29)26-22-11-9-19(10-12-22)18-7-5-4-6-8-18/h5,7-14,16H,4,6,15H2,1-3H3,(H,26,29). The van der Waals surface area contributed by atoms with E-state index in [2.05, 4.69) is 23.5 Å². The highest BCUT2D eigenvalue weighted by molar-refractivity contribution is 6.04. The Labute approximate surface area is 177 Å². The first kappa shape index (κ1) is 21.2. The molecule has 0 radical (unpaired) electrons. The molecule has 1 aliphatic rings. The maximum absolute atomic E-state index is 12.7. The molecule has 30 heavy (non-hydrogen) atoms. The number of amides is 2. The predicted molar refractivity (Wildman–Crippen MR) is 120 cm³/mol. The summed E-state index contributed by atoms with van der Waals surface area (Å²) in [5.74, 6) is -0.534. The predicted octanol–water partition coefficient (Wildman–Crippen LogP) is 4.42. The monoisotopic (exact) mass is 402 g/mol. The van der Waals surface area contributed by atoms with E-state index >= 15 is 0 Å². The summed E-state index contributed by atoms with van der Waals surface area (Å²) in [4.78, 5) is 38.2. The molecule has 0 fully saturated rings. The van der Waals surface area contributed by atoms with E-state index in [1.54, 1.807) is 26.2 Å². The number of carbonyl (C=O) groups excluding carboxylic acids is 3. The lowest BCUT2D eigenvalue weighted by atomic mass is 9.95. The Morgan fingerprint density at radius 2 is 1.83 bits per heavy atom. The van der Waals surface area contributed by atoms with Crippen molar-refractivity contribution in [3.8, 4) is 0 Å². The van der Waals surface area contributed by atoms with Crippen LogP contribution < -0.4 is 5.32 Å². The fraction of sp³-hybridized carbons (Fsp3) is 0.240. The lowest BCUT2D eigenvalue weighted by molar-refractivity contribution is -0.115. The van der Waals surface area contributed by atoms with Gasteiger partial charge in [-0.1, -0.05) is 42.0 Å². The number of rotatable bonds is 6. The number of aryl methyl sites for hydroxylation is 1. The van der Waals surface area contributed by atoms with E-state index < -0.39 is 0 Å². The molecule has 0 saturated carbocycles. The number of nitrogens with zero attached hydrogens (tertiary/aromatic N) is 1. The van der Waals surface area contributed by atoms with Crippen LogP contribution in [0.4, 0.5) is 5.69 Å². The fourth-order valence-electron chi connectivity index (χ4n) is 3.56. The zero-order valence-corrected chi connectivity index (χ0v) is 17.6. The Balaban J connectivity index is 1.78. The van der Waals surface area contributed by atoms with Gasteiger partial charge in [-0.3, -0.25) is 14.4 Å². The molecule has 2 aromatic rings. The van der Waals surface area contributed by atoms with Gasteiger partial charge in [0.25, 0.3) is 5.91 Å². The Hall–Kier alpha value is -3.47. The molecule has 0 heterocycles. The number of anilines is 1. The molecule has 0 aromatic heterocycles. The van der Waals surface area contributed by atoms with Gasteiger partial charge in [0.1, 0.15) is 0 Å². The van der Waals surface area contributed by atoms with E-state index in [0.717, 1.165) is 24.0 Å². The molecule has 3 rings (SSSR count). The molecule has 5 heteroatoms. The zero-order chi connectivity index (χ0) is 21.7. The van der Waals surface area contributed by atoms with Gasteiger partial charge in [-0.25, -0.2) is 0 Å². The van der Waals surface area contributed by atoms with E-state index in [1.807, 2.05) is 31.2 Å². The summed E-state index contributed by atoms with van der Waals surface area (Å²) in [7, 11) is 3.25. The Morgan fingerprint density at radius 1 is 1.10 bits per heavy atom. The molecule has 154 valence electrons. The minimum Gasteiger partial charge on any atom is -0.345 e. The van der Waals surface area contributed by atoms with E-state index in [0.29, 0.717) is 23.1 Å². The van der Waals surface area contributed by atoms with Crippen molar-refractivity contribution in [3.05, 3.63) is 82.4 Å². The van der Waals surface area contributed by atoms with Gasteiger partial charge in [0.2, 0.25) is 5.91 Å². The zero-order valence-electron chi connectivity index (χ0n) is 17.6. The van der Waals surface area contributed by atoms with Crippen molar-refractivity contribution in [2.75, 3.05) is 19.4 Å². The number of benzene rings is 2. The van der Waals surface area contributed by atoms with Crippen LogP contribution in [0, 0.1) is 6.92 Å². The minimum atomic E-state index is -0.293. The van der Waals surface area contributed by atoms with Crippen LogP contribution in [0.5, 0.6) is 0 Å². The maximum atomic E-state index is 12.7. The lowest BCUT2D eigenvalue weighted by Gasteiger charge is -2.17. The summed E-state index contributed by atoms with van der Waals surface area (Å²) in [5, 5.41) is 2.88. The van der Waals surface area contributed by atoms with Crippen LogP contribution in [0.3, 0.4) is 0 Å². The van der Waals surface area contributed by atoms with Crippen LogP contribution >= 0.6 is 0 Å². The first-order chi connectivity index (χ1) is 14.4. The molecule has 2 amide bonds. The quantitative estimate of drug-likeness (QED) is 0.727. The molecule has 2 aromatic carbocycles. The average molecular weight is 402 g/mol. The molecule has 0 saturated heterocycles. The number of hydrogen-bond acceptors (Lipinski definition) is 3. The van der Waals surface area contributed by atoms with Crippen LogP contribution in [0.1, 0.15) is 50.2 Å². The second kappa shape index (κ2) is 9.35. The highest BCUT2D eigenvalue weighted by Gasteiger charge is 2.20. The van der Waals surface area contributed by atoms with Crippen molar-refractivity contribution in [2.24, 2.45) is 0 Å². The molecule has 0 atom stereocenters. The molecule has 5 nitrogen and oxygen atoms in total. The number of nitrogens with one attached hydrogen (secondary N) is 1. The number of allylic oxidation sites excluding steroid dienone is 4. The third-order valence-corrected chi connectivity index (χ3v) is 4.99. The maximum Gasteiger partial charge on any atom is 0.254 e. The molecule has 0 spiro atoms. The highest BCUT2D eigenvalue weighted by Crippen LogP contribution is 2.23. The highest BCUT2D eigenvalue weighted by atomic mass is 16.2. The van der Waals surface area contributed by atoms with Gasteiger partial charge in [-0.2, -0.15) is 0 Å². The molecule has 0 aliphatic heterocycles. The number of carbonyl (C=O) groups is 3. The Morgan fingerprint density at radius 3 is 2.43 bits per heavy atom. The van der Waals surface area contributed by atoms with E-state index in [1.165, 1.54) is 10.5 Å². The Bertz CT molecular complexity index is 1030. The largest absolute Gasteiger partial charge is 0.345 e. The molecule has 0 bridgehead atoms. The van der Waals surface area contributed by atoms with Gasteiger partial charge in [-0.15, -0.1) is 0 Å². The summed E-state index contributed by atoms with van der Waals surface area (Å²) in [6.07, 6.45) is 9.26. The van der Waals surface area contributed by atoms with Crippen molar-refractivity contribution in [1.82, 2.24) is 4.90 Å². The van der Waals surface area contributed by atoms with Crippen molar-refractivity contribution in [1.29, 1.82) is 0 Å². The minimum absolute atomic E-state index is 0.00702. The fourth-order valence-corrected chi connectivity index (χ4v) is 3.56. The smallest absolute Gasteiger partial charge is 0.254 e. The van der Waals surface area contributed by atoms with E-state index in [9.17, 15) is 14.4 Å². The topological polar surface area (TPSA) is 66.5 Å². The summed E-state index contributed by atoms with van der Waals surface area (Å²) in [6.45, 7) is 1.84. The van der Waals surface area contributed by atoms with Crippen molar-refractivity contribution >= 4 is 29.4 Å². The van der Waals surface area contributed by atoms with Crippen molar-refractivity contribution < 1.29 is 14.4 Å². The second-order valence-corrected chi connectivity index (χ2v) is 7.65. The normalized spacial score (nSPS) is 12.8. The van der Waals surface area contributed by atoms with Crippen LogP contribution in [0.15, 0.2) is 54.6 Å². The molecular formula is C25H26N2O3. The lowest BCUT2D eigenvalue weighted by Crippen LogP contribution is -2.26. The Kier molecular flexibility index (Phi) is 6.62. The van der Waals surface area contributed by atoms with Crippen LogP contribution in [0.2, 0.25) is 0 Å². The number of hydrogen-bond donors (Lipinski definition) is 1. The SMILES string of the molecule is Cc1cc(C=O)c(C(=O)N(C)C)c(CC(=O)Nc2ccc(C3=CCCC=C3)cc2)c1. The second-order valence-electron chi connectivity index (χ2n) is 7.65. The van der Waals surface area contributed by atoms with E-state index in [-0.39, 0.29) is 23.8 Å². The van der Waals surface area contributed by atoms with Gasteiger partial charge in [-0.05, 0) is 54.7 Å². The number of aldehydes is 1. The summed E-state index contributed by atoms with van der Waals surface area (Å²) < 4.78 is 0. The van der Waals surface area contributed by atoms with E-state index in [4.69, 9.17) is 0 Å². The summed E-state index contributed by atoms with van der Waals surface area (Å²) in [5.41, 5.74) is 4.93. The molecule has 0 unspecified atom stereocenters. The van der Waals surface area contributed by atoms with Gasteiger partial charge in [0, 0.05) is 25.3 Å². The van der Waals surface area contributed by atoms with Gasteiger partial charge < -0.3 is 10.2 Å². The average Bonchev–Trinajstić information content (AvgIpc) is 2.73. The van der Waals surface area contributed by atoms with Crippen molar-refractivity contribution in [2.45, 2.75) is 26.2 Å². The summed E-state index contributed by atoms with van der Waals surface area (Å²) >= 11 is 0. The first-order valence-electron chi connectivity index (χ1n) is 9.96. The van der Waals surface area contributed by atoms with Crippen LogP contribution in [0.25, 0.3) is 5.57 Å². The van der Waals surface area contributed by atoms with Gasteiger partial charge in [0.05, 0.1) is 12.0 Å². The first-order valence-corrected chi connectivity index (χ1v) is 9.96. The summed E-state index contributed by atoms with van der Waals surface area (Å²) in [6, 6.07) is 11.2. The van der Waals surface area contributed by atoms with Crippen LogP contribution in [-0.2, 0) is 11.2 Å². The molecule has 1 aliphatic carbocycles. The molecular weight excluding hydrogens is 376 g/mol. The van der Waals surface area contributed by atoms with Crippen molar-refractivity contribution in [3.63, 3.8) is 0 Å². The van der Waals surface area contributed by atoms with Gasteiger partial charge >= 0.3 is 0 Å². The van der Waals surface area contributed by atoms with Crippen LogP contribution in [-0.4, -0.2) is 37.1 Å². The van der Waals surface area contributed by atoms with Gasteiger partial charge in [0.15, 0.2) is 6.29 Å². The third kappa shape index (κ3) is 4.92. The third-order valence-electron chi connectivity index (χ3n) is 4.99. The molecule has 1 N–H and O–H groups in total.